The van der Waals surface area contributed by atoms with Crippen LogP contribution in [0.5, 0.6) is 0 Å². The molecule has 4 aromatic rings. The molecule has 130 valence electrons. The van der Waals surface area contributed by atoms with Gasteiger partial charge in [-0.05, 0) is 42.5 Å². The van der Waals surface area contributed by atoms with Gasteiger partial charge < -0.3 is 10.6 Å². The van der Waals surface area contributed by atoms with Crippen LogP contribution in [0.15, 0.2) is 60.0 Å². The summed E-state index contributed by atoms with van der Waals surface area (Å²) in [6.45, 7) is 4.90. The third kappa shape index (κ3) is 3.53. The van der Waals surface area contributed by atoms with E-state index >= 15 is 0 Å². The molecule has 2 N–H and O–H groups in total. The number of rotatable bonds is 5. The molecular formula is C21H20N4S. The molecule has 4 rings (SSSR count). The summed E-state index contributed by atoms with van der Waals surface area (Å²) in [6, 6.07) is 18.7. The smallest absolute Gasteiger partial charge is 0.225 e. The number of hydrogen-bond donors (Lipinski definition) is 2. The number of thiophene rings is 1. The Hall–Kier alpha value is -2.92. The van der Waals surface area contributed by atoms with Gasteiger partial charge >= 0.3 is 0 Å². The quantitative estimate of drug-likeness (QED) is 0.482. The summed E-state index contributed by atoms with van der Waals surface area (Å²) in [7, 11) is 0. The van der Waals surface area contributed by atoms with E-state index in [0.29, 0.717) is 12.5 Å². The Labute approximate surface area is 157 Å². The van der Waals surface area contributed by atoms with Gasteiger partial charge in [0.05, 0.1) is 10.2 Å². The first-order valence-electron chi connectivity index (χ1n) is 8.56. The van der Waals surface area contributed by atoms with E-state index in [4.69, 9.17) is 4.98 Å². The van der Waals surface area contributed by atoms with Gasteiger partial charge in [0.25, 0.3) is 0 Å². The van der Waals surface area contributed by atoms with E-state index in [1.807, 2.05) is 29.6 Å². The van der Waals surface area contributed by atoms with Gasteiger partial charge in [-0.15, -0.1) is 11.3 Å². The van der Waals surface area contributed by atoms with Crippen molar-refractivity contribution < 1.29 is 0 Å². The molecule has 0 aliphatic heterocycles. The van der Waals surface area contributed by atoms with Crippen molar-refractivity contribution in [2.24, 2.45) is 0 Å². The van der Waals surface area contributed by atoms with E-state index in [1.165, 1.54) is 16.7 Å². The molecular weight excluding hydrogens is 340 g/mol. The largest absolute Gasteiger partial charge is 0.350 e. The highest BCUT2D eigenvalue weighted by molar-refractivity contribution is 7.17. The summed E-state index contributed by atoms with van der Waals surface area (Å²) in [6.07, 6.45) is 0. The summed E-state index contributed by atoms with van der Waals surface area (Å²) in [4.78, 5) is 9.36. The maximum absolute atomic E-state index is 4.72. The molecule has 0 saturated carbocycles. The van der Waals surface area contributed by atoms with E-state index in [0.717, 1.165) is 21.7 Å². The van der Waals surface area contributed by atoms with E-state index in [1.54, 1.807) is 11.3 Å². The molecule has 2 heterocycles. The Kier molecular flexibility index (Phi) is 4.54. The van der Waals surface area contributed by atoms with Crippen LogP contribution in [-0.2, 0) is 6.54 Å². The minimum atomic E-state index is 0.631. The average Bonchev–Trinajstić information content (AvgIpc) is 3.12. The van der Waals surface area contributed by atoms with Crippen LogP contribution in [0.4, 0.5) is 17.5 Å². The van der Waals surface area contributed by atoms with E-state index in [9.17, 15) is 0 Å². The number of anilines is 3. The third-order valence-electron chi connectivity index (χ3n) is 4.23. The Morgan fingerprint density at radius 3 is 2.62 bits per heavy atom. The molecule has 0 radical (unpaired) electrons. The van der Waals surface area contributed by atoms with E-state index in [2.05, 4.69) is 59.8 Å². The fourth-order valence-corrected chi connectivity index (χ4v) is 3.66. The van der Waals surface area contributed by atoms with Gasteiger partial charge in [-0.25, -0.2) is 4.98 Å². The van der Waals surface area contributed by atoms with Crippen LogP contribution in [0.3, 0.4) is 0 Å². The molecule has 0 spiro atoms. The lowest BCUT2D eigenvalue weighted by molar-refractivity contribution is 1.07. The number of aromatic nitrogens is 2. The third-order valence-corrected chi connectivity index (χ3v) is 5.14. The van der Waals surface area contributed by atoms with Crippen molar-refractivity contribution in [3.8, 4) is 0 Å². The van der Waals surface area contributed by atoms with Crippen LogP contribution in [0.25, 0.3) is 10.2 Å². The van der Waals surface area contributed by atoms with Crippen molar-refractivity contribution in [1.82, 2.24) is 9.97 Å². The standard InChI is InChI=1S/C21H20N4S/c1-14-8-9-17(15(2)12-14)23-20-19-18(10-11-26-19)24-21(25-20)22-13-16-6-4-3-5-7-16/h3-12H,13H2,1-2H3,(H2,22,23,24,25). The first kappa shape index (κ1) is 16.5. The molecule has 2 aromatic heterocycles. The van der Waals surface area contributed by atoms with Gasteiger partial charge in [0.2, 0.25) is 5.95 Å². The lowest BCUT2D eigenvalue weighted by atomic mass is 10.1. The normalized spacial score (nSPS) is 10.8. The highest BCUT2D eigenvalue weighted by atomic mass is 32.1. The van der Waals surface area contributed by atoms with Gasteiger partial charge in [0.15, 0.2) is 5.82 Å². The fourth-order valence-electron chi connectivity index (χ4n) is 2.89. The van der Waals surface area contributed by atoms with E-state index in [-0.39, 0.29) is 0 Å². The summed E-state index contributed by atoms with van der Waals surface area (Å²) in [5.74, 6) is 1.47. The number of fused-ring (bicyclic) bond motifs is 1. The summed E-state index contributed by atoms with van der Waals surface area (Å²) < 4.78 is 1.07. The second-order valence-corrected chi connectivity index (χ2v) is 7.23. The monoisotopic (exact) mass is 360 g/mol. The summed E-state index contributed by atoms with van der Waals surface area (Å²) in [5, 5.41) is 8.87. The van der Waals surface area contributed by atoms with Crippen LogP contribution in [0, 0.1) is 13.8 Å². The van der Waals surface area contributed by atoms with Crippen LogP contribution in [0.2, 0.25) is 0 Å². The molecule has 2 aromatic carbocycles. The van der Waals surface area contributed by atoms with Crippen molar-refractivity contribution >= 4 is 39.0 Å². The summed E-state index contributed by atoms with van der Waals surface area (Å²) >= 11 is 1.65. The van der Waals surface area contributed by atoms with Crippen molar-refractivity contribution in [1.29, 1.82) is 0 Å². The Bertz CT molecular complexity index is 1040. The molecule has 0 amide bonds. The molecule has 0 unspecified atom stereocenters. The minimum absolute atomic E-state index is 0.631. The van der Waals surface area contributed by atoms with Gasteiger partial charge in [-0.2, -0.15) is 4.98 Å². The second-order valence-electron chi connectivity index (χ2n) is 6.31. The maximum atomic E-state index is 4.72. The van der Waals surface area contributed by atoms with Crippen molar-refractivity contribution in [2.45, 2.75) is 20.4 Å². The molecule has 0 atom stereocenters. The lowest BCUT2D eigenvalue weighted by Gasteiger charge is -2.12. The van der Waals surface area contributed by atoms with Crippen LogP contribution >= 0.6 is 11.3 Å². The molecule has 0 aliphatic carbocycles. The lowest BCUT2D eigenvalue weighted by Crippen LogP contribution is -2.05. The van der Waals surface area contributed by atoms with Crippen molar-refractivity contribution in [3.63, 3.8) is 0 Å². The zero-order chi connectivity index (χ0) is 17.9. The molecule has 0 saturated heterocycles. The average molecular weight is 360 g/mol. The zero-order valence-electron chi connectivity index (χ0n) is 14.8. The minimum Gasteiger partial charge on any atom is -0.350 e. The first-order chi connectivity index (χ1) is 12.7. The number of aryl methyl sites for hydroxylation is 2. The predicted molar refractivity (Wildman–Crippen MR) is 110 cm³/mol. The first-order valence-corrected chi connectivity index (χ1v) is 9.44. The number of benzene rings is 2. The fraction of sp³-hybridized carbons (Fsp3) is 0.143. The molecule has 0 aliphatic rings. The number of hydrogen-bond acceptors (Lipinski definition) is 5. The molecule has 4 nitrogen and oxygen atoms in total. The topological polar surface area (TPSA) is 49.8 Å². The Balaban J connectivity index is 1.64. The molecule has 0 fully saturated rings. The predicted octanol–water partition coefficient (Wildman–Crippen LogP) is 5.66. The van der Waals surface area contributed by atoms with Gasteiger partial charge in [0, 0.05) is 12.2 Å². The molecule has 26 heavy (non-hydrogen) atoms. The maximum Gasteiger partial charge on any atom is 0.225 e. The number of nitrogens with zero attached hydrogens (tertiary/aromatic N) is 2. The molecule has 0 bridgehead atoms. The van der Waals surface area contributed by atoms with E-state index < -0.39 is 0 Å². The Morgan fingerprint density at radius 2 is 1.81 bits per heavy atom. The van der Waals surface area contributed by atoms with Gasteiger partial charge in [-0.1, -0.05) is 48.0 Å². The highest BCUT2D eigenvalue weighted by Crippen LogP contribution is 2.30. The van der Waals surface area contributed by atoms with Crippen LogP contribution < -0.4 is 10.6 Å². The second kappa shape index (κ2) is 7.14. The summed E-state index contributed by atoms with van der Waals surface area (Å²) in [5.41, 5.74) is 5.67. The zero-order valence-corrected chi connectivity index (χ0v) is 15.6. The van der Waals surface area contributed by atoms with Crippen molar-refractivity contribution in [3.05, 3.63) is 76.7 Å². The molecule has 5 heteroatoms. The highest BCUT2D eigenvalue weighted by Gasteiger charge is 2.10. The Morgan fingerprint density at radius 1 is 0.962 bits per heavy atom. The van der Waals surface area contributed by atoms with Gasteiger partial charge in [0.1, 0.15) is 0 Å². The van der Waals surface area contributed by atoms with Crippen LogP contribution in [0.1, 0.15) is 16.7 Å². The van der Waals surface area contributed by atoms with Crippen molar-refractivity contribution in [2.75, 3.05) is 10.6 Å². The van der Waals surface area contributed by atoms with Gasteiger partial charge in [-0.3, -0.25) is 0 Å². The van der Waals surface area contributed by atoms with Crippen LogP contribution in [-0.4, -0.2) is 9.97 Å². The number of nitrogens with one attached hydrogen (secondary N) is 2. The SMILES string of the molecule is Cc1ccc(Nc2nc(NCc3ccccc3)nc3ccsc23)c(C)c1.